The van der Waals surface area contributed by atoms with Crippen molar-refractivity contribution >= 4 is 10.8 Å². The summed E-state index contributed by atoms with van der Waals surface area (Å²) >= 11 is 0. The van der Waals surface area contributed by atoms with Gasteiger partial charge >= 0.3 is 6.18 Å². The Balaban J connectivity index is 2.82. The van der Waals surface area contributed by atoms with Crippen molar-refractivity contribution in [2.45, 2.75) is 38.4 Å². The molecule has 0 unspecified atom stereocenters. The van der Waals surface area contributed by atoms with E-state index in [4.69, 9.17) is 5.73 Å². The maximum absolute atomic E-state index is 13.1. The normalized spacial score (nSPS) is 14.6. The van der Waals surface area contributed by atoms with Crippen LogP contribution in [-0.2, 0) is 5.41 Å². The van der Waals surface area contributed by atoms with Crippen LogP contribution in [0.4, 0.5) is 13.2 Å². The van der Waals surface area contributed by atoms with Crippen LogP contribution >= 0.6 is 0 Å². The monoisotopic (exact) mass is 281 g/mol. The van der Waals surface area contributed by atoms with Gasteiger partial charge in [0.15, 0.2) is 0 Å². The summed E-state index contributed by atoms with van der Waals surface area (Å²) in [6.45, 7) is 5.68. The van der Waals surface area contributed by atoms with Crippen molar-refractivity contribution in [3.63, 3.8) is 0 Å². The molecule has 0 aliphatic heterocycles. The molecule has 1 atom stereocenters. The molecule has 20 heavy (non-hydrogen) atoms. The van der Waals surface area contributed by atoms with Crippen molar-refractivity contribution in [2.75, 3.05) is 0 Å². The second-order valence-electron chi connectivity index (χ2n) is 6.02. The lowest BCUT2D eigenvalue weighted by atomic mass is 9.79. The molecule has 108 valence electrons. The minimum Gasteiger partial charge on any atom is -0.316 e. The summed E-state index contributed by atoms with van der Waals surface area (Å²) in [5.74, 6) is 0. The largest absolute Gasteiger partial charge is 0.407 e. The number of benzene rings is 2. The fraction of sp³-hybridized carbons (Fsp3) is 0.375. The minimum atomic E-state index is -4.45. The Bertz CT molecular complexity index is 624. The Hall–Kier alpha value is -1.55. The summed E-state index contributed by atoms with van der Waals surface area (Å²) in [5.41, 5.74) is 5.93. The van der Waals surface area contributed by atoms with Gasteiger partial charge in [-0.2, -0.15) is 13.2 Å². The molecule has 4 heteroatoms. The molecule has 0 aliphatic rings. The molecule has 2 aromatic rings. The molecule has 0 aliphatic carbocycles. The highest BCUT2D eigenvalue weighted by molar-refractivity contribution is 5.87. The van der Waals surface area contributed by atoms with E-state index in [2.05, 4.69) is 0 Å². The lowest BCUT2D eigenvalue weighted by molar-refractivity contribution is -0.149. The highest BCUT2D eigenvalue weighted by atomic mass is 19.4. The smallest absolute Gasteiger partial charge is 0.316 e. The second-order valence-corrected chi connectivity index (χ2v) is 6.02. The number of hydrogen-bond donors (Lipinski definition) is 1. The van der Waals surface area contributed by atoms with Crippen LogP contribution in [0.5, 0.6) is 0 Å². The number of nitrogens with two attached hydrogens (primary N) is 1. The van der Waals surface area contributed by atoms with E-state index in [0.717, 1.165) is 5.39 Å². The van der Waals surface area contributed by atoms with Crippen molar-refractivity contribution in [2.24, 2.45) is 5.73 Å². The Labute approximate surface area is 116 Å². The third-order valence-corrected chi connectivity index (χ3v) is 3.44. The molecule has 0 fully saturated rings. The second kappa shape index (κ2) is 4.77. The number of rotatable bonds is 1. The first-order valence-electron chi connectivity index (χ1n) is 6.47. The van der Waals surface area contributed by atoms with Gasteiger partial charge in [0, 0.05) is 0 Å². The molecule has 0 saturated heterocycles. The maximum atomic E-state index is 13.1. The zero-order valence-corrected chi connectivity index (χ0v) is 11.8. The van der Waals surface area contributed by atoms with Crippen LogP contribution in [0.1, 0.15) is 37.9 Å². The van der Waals surface area contributed by atoms with E-state index in [-0.39, 0.29) is 5.56 Å². The van der Waals surface area contributed by atoms with Gasteiger partial charge in [0.25, 0.3) is 0 Å². The highest BCUT2D eigenvalue weighted by Crippen LogP contribution is 2.40. The van der Waals surface area contributed by atoms with Gasteiger partial charge in [-0.1, -0.05) is 57.2 Å². The predicted octanol–water partition coefficient (Wildman–Crippen LogP) is 4.70. The molecule has 2 N–H and O–H groups in total. The van der Waals surface area contributed by atoms with Gasteiger partial charge in [-0.3, -0.25) is 0 Å². The summed E-state index contributed by atoms with van der Waals surface area (Å²) in [7, 11) is 0. The van der Waals surface area contributed by atoms with Gasteiger partial charge in [0.1, 0.15) is 6.04 Å². The molecule has 1 nitrogen and oxygen atoms in total. The van der Waals surface area contributed by atoms with E-state index in [0.29, 0.717) is 10.9 Å². The molecule has 0 spiro atoms. The van der Waals surface area contributed by atoms with E-state index in [1.165, 1.54) is 0 Å². The van der Waals surface area contributed by atoms with Gasteiger partial charge in [0.2, 0.25) is 0 Å². The molecule has 2 aromatic carbocycles. The summed E-state index contributed by atoms with van der Waals surface area (Å²) in [6, 6.07) is 8.68. The number of fused-ring (bicyclic) bond motifs is 1. The molecule has 0 bridgehead atoms. The van der Waals surface area contributed by atoms with E-state index < -0.39 is 17.6 Å². The van der Waals surface area contributed by atoms with Gasteiger partial charge in [0.05, 0.1) is 0 Å². The van der Waals surface area contributed by atoms with Crippen LogP contribution in [0.2, 0.25) is 0 Å². The molecule has 2 rings (SSSR count). The van der Waals surface area contributed by atoms with Crippen LogP contribution in [0, 0.1) is 0 Å². The van der Waals surface area contributed by atoms with Crippen LogP contribution in [0.3, 0.4) is 0 Å². The quantitative estimate of drug-likeness (QED) is 0.805. The Morgan fingerprint density at radius 3 is 2.10 bits per heavy atom. The summed E-state index contributed by atoms with van der Waals surface area (Å²) < 4.78 is 39.3. The average molecular weight is 281 g/mol. The highest BCUT2D eigenvalue weighted by Gasteiger charge is 2.41. The van der Waals surface area contributed by atoms with Crippen molar-refractivity contribution in [3.05, 3.63) is 47.5 Å². The van der Waals surface area contributed by atoms with Crippen molar-refractivity contribution in [3.8, 4) is 0 Å². The third kappa shape index (κ3) is 2.66. The molecular formula is C16H18F3N. The first kappa shape index (κ1) is 14.9. The molecule has 0 heterocycles. The molecular weight excluding hydrogens is 263 g/mol. The van der Waals surface area contributed by atoms with E-state index in [9.17, 15) is 13.2 Å². The van der Waals surface area contributed by atoms with Gasteiger partial charge in [-0.15, -0.1) is 0 Å². The third-order valence-electron chi connectivity index (χ3n) is 3.44. The number of hydrogen-bond acceptors (Lipinski definition) is 1. The topological polar surface area (TPSA) is 26.0 Å². The van der Waals surface area contributed by atoms with Gasteiger partial charge < -0.3 is 5.73 Å². The predicted molar refractivity (Wildman–Crippen MR) is 75.6 cm³/mol. The number of alkyl halides is 3. The lowest BCUT2D eigenvalue weighted by Gasteiger charge is -2.28. The van der Waals surface area contributed by atoms with Gasteiger partial charge in [-0.25, -0.2) is 0 Å². The summed E-state index contributed by atoms with van der Waals surface area (Å²) in [5, 5.41) is 1.35. The SMILES string of the molecule is CC(C)(C)c1ccc2ccccc2c1[C@H](N)C(F)(F)F. The Morgan fingerprint density at radius 1 is 0.950 bits per heavy atom. The van der Waals surface area contributed by atoms with Crippen LogP contribution in [-0.4, -0.2) is 6.18 Å². The van der Waals surface area contributed by atoms with Crippen LogP contribution in [0.15, 0.2) is 36.4 Å². The maximum Gasteiger partial charge on any atom is 0.407 e. The minimum absolute atomic E-state index is 0.183. The molecule has 0 radical (unpaired) electrons. The van der Waals surface area contributed by atoms with Gasteiger partial charge in [-0.05, 0) is 27.3 Å². The first-order chi connectivity index (χ1) is 9.12. The summed E-state index contributed by atoms with van der Waals surface area (Å²) in [6.07, 6.45) is -4.45. The number of halogens is 3. The van der Waals surface area contributed by atoms with E-state index in [1.54, 1.807) is 24.3 Å². The fourth-order valence-corrected chi connectivity index (χ4v) is 2.45. The molecule has 0 amide bonds. The average Bonchev–Trinajstić information content (AvgIpc) is 2.34. The van der Waals surface area contributed by atoms with Crippen molar-refractivity contribution in [1.82, 2.24) is 0 Å². The standard InChI is InChI=1S/C16H18F3N/c1-15(2,3)12-9-8-10-6-4-5-7-11(10)13(12)14(20)16(17,18)19/h4-9,14H,20H2,1-3H3/t14-/m0/s1. The van der Waals surface area contributed by atoms with Crippen molar-refractivity contribution < 1.29 is 13.2 Å². The zero-order chi connectivity index (χ0) is 15.1. The molecule has 0 aromatic heterocycles. The van der Waals surface area contributed by atoms with Crippen molar-refractivity contribution in [1.29, 1.82) is 0 Å². The van der Waals surface area contributed by atoms with E-state index >= 15 is 0 Å². The first-order valence-corrected chi connectivity index (χ1v) is 6.47. The van der Waals surface area contributed by atoms with Crippen LogP contribution < -0.4 is 5.73 Å². The summed E-state index contributed by atoms with van der Waals surface area (Å²) in [4.78, 5) is 0. The molecule has 0 saturated carbocycles. The van der Waals surface area contributed by atoms with Crippen LogP contribution in [0.25, 0.3) is 10.8 Å². The van der Waals surface area contributed by atoms with E-state index in [1.807, 2.05) is 32.9 Å². The lowest BCUT2D eigenvalue weighted by Crippen LogP contribution is -2.31. The fourth-order valence-electron chi connectivity index (χ4n) is 2.45. The Morgan fingerprint density at radius 2 is 1.55 bits per heavy atom. The Kier molecular flexibility index (Phi) is 3.54. The zero-order valence-electron chi connectivity index (χ0n) is 11.8.